The Bertz CT molecular complexity index is 467. The number of hydrogen-bond acceptors (Lipinski definition) is 3. The van der Waals surface area contributed by atoms with Crippen LogP contribution in [0.1, 0.15) is 38.3 Å². The first-order chi connectivity index (χ1) is 8.49. The summed E-state index contributed by atoms with van der Waals surface area (Å²) < 4.78 is 1.80. The Hall–Kier alpha value is -1.85. The smallest absolute Gasteiger partial charge is 0.326 e. The van der Waals surface area contributed by atoms with Gasteiger partial charge < -0.3 is 10.0 Å². The number of amides is 1. The Morgan fingerprint density at radius 2 is 2.33 bits per heavy atom. The molecular weight excluding hydrogens is 234 g/mol. The van der Waals surface area contributed by atoms with Crippen molar-refractivity contribution in [2.45, 2.75) is 45.3 Å². The van der Waals surface area contributed by atoms with Gasteiger partial charge >= 0.3 is 5.97 Å². The van der Waals surface area contributed by atoms with Crippen LogP contribution in [0.15, 0.2) is 12.4 Å². The van der Waals surface area contributed by atoms with Crippen molar-refractivity contribution in [1.82, 2.24) is 14.7 Å². The lowest BCUT2D eigenvalue weighted by atomic mass is 10.2. The first-order valence-electron chi connectivity index (χ1n) is 6.04. The molecule has 2 heterocycles. The number of hydrogen-bond donors (Lipinski definition) is 1. The van der Waals surface area contributed by atoms with Gasteiger partial charge in [-0.1, -0.05) is 0 Å². The fourth-order valence-electron chi connectivity index (χ4n) is 2.13. The minimum absolute atomic E-state index is 0.0975. The van der Waals surface area contributed by atoms with E-state index in [1.54, 1.807) is 10.9 Å². The van der Waals surface area contributed by atoms with Crippen molar-refractivity contribution >= 4 is 11.9 Å². The van der Waals surface area contributed by atoms with Gasteiger partial charge in [-0.3, -0.25) is 9.48 Å². The molecule has 1 atom stereocenters. The molecule has 0 bridgehead atoms. The molecule has 1 aromatic rings. The number of carbonyl (C=O) groups is 2. The van der Waals surface area contributed by atoms with E-state index in [9.17, 15) is 9.59 Å². The SMILES string of the molecule is CC(C)n1cc(CN2C(=O)CCC2C(=O)O)cn1. The molecule has 0 saturated carbocycles. The van der Waals surface area contributed by atoms with Gasteiger partial charge in [-0.25, -0.2) is 4.79 Å². The molecule has 0 aliphatic carbocycles. The van der Waals surface area contributed by atoms with Gasteiger partial charge in [0.1, 0.15) is 6.04 Å². The fourth-order valence-corrected chi connectivity index (χ4v) is 2.13. The third-order valence-corrected chi connectivity index (χ3v) is 3.15. The molecule has 0 radical (unpaired) electrons. The molecule has 2 rings (SSSR count). The minimum Gasteiger partial charge on any atom is -0.480 e. The lowest BCUT2D eigenvalue weighted by Gasteiger charge is -2.20. The van der Waals surface area contributed by atoms with E-state index in [1.165, 1.54) is 4.90 Å². The molecule has 0 spiro atoms. The normalized spacial score (nSPS) is 19.8. The van der Waals surface area contributed by atoms with Crippen LogP contribution in [0.3, 0.4) is 0 Å². The van der Waals surface area contributed by atoms with Crippen LogP contribution in [0, 0.1) is 0 Å². The molecule has 1 unspecified atom stereocenters. The van der Waals surface area contributed by atoms with E-state index in [4.69, 9.17) is 5.11 Å². The summed E-state index contributed by atoms with van der Waals surface area (Å²) in [5.41, 5.74) is 0.866. The number of nitrogens with zero attached hydrogens (tertiary/aromatic N) is 3. The molecule has 1 amide bonds. The zero-order chi connectivity index (χ0) is 13.3. The first-order valence-corrected chi connectivity index (χ1v) is 6.04. The summed E-state index contributed by atoms with van der Waals surface area (Å²) >= 11 is 0. The molecule has 98 valence electrons. The van der Waals surface area contributed by atoms with Gasteiger partial charge in [0, 0.05) is 30.8 Å². The number of rotatable bonds is 4. The molecule has 1 saturated heterocycles. The summed E-state index contributed by atoms with van der Waals surface area (Å²) in [6.07, 6.45) is 4.25. The van der Waals surface area contributed by atoms with Crippen LogP contribution >= 0.6 is 0 Å². The standard InChI is InChI=1S/C12H17N3O3/c1-8(2)15-7-9(5-13-15)6-14-10(12(17)18)3-4-11(14)16/h5,7-8,10H,3-4,6H2,1-2H3,(H,17,18). The van der Waals surface area contributed by atoms with Crippen LogP contribution in [0.25, 0.3) is 0 Å². The summed E-state index contributed by atoms with van der Waals surface area (Å²) in [6.45, 7) is 4.35. The van der Waals surface area contributed by atoms with E-state index in [0.717, 1.165) is 5.56 Å². The summed E-state index contributed by atoms with van der Waals surface area (Å²) in [5.74, 6) is -1.03. The van der Waals surface area contributed by atoms with Crippen molar-refractivity contribution in [3.05, 3.63) is 18.0 Å². The number of aromatic nitrogens is 2. The largest absolute Gasteiger partial charge is 0.480 e. The molecule has 0 aromatic carbocycles. The fraction of sp³-hybridized carbons (Fsp3) is 0.583. The predicted octanol–water partition coefficient (Wildman–Crippen LogP) is 1.04. The number of likely N-dealkylation sites (tertiary alicyclic amines) is 1. The van der Waals surface area contributed by atoms with E-state index < -0.39 is 12.0 Å². The molecule has 1 N–H and O–H groups in total. The van der Waals surface area contributed by atoms with Crippen molar-refractivity contribution in [3.8, 4) is 0 Å². The number of carboxylic acids is 1. The van der Waals surface area contributed by atoms with Gasteiger partial charge in [0.05, 0.1) is 6.20 Å². The minimum atomic E-state index is -0.933. The van der Waals surface area contributed by atoms with Gasteiger partial charge in [-0.15, -0.1) is 0 Å². The Morgan fingerprint density at radius 3 is 2.89 bits per heavy atom. The van der Waals surface area contributed by atoms with Crippen LogP contribution in [0.2, 0.25) is 0 Å². The first kappa shape index (κ1) is 12.6. The number of carboxylic acid groups (broad SMARTS) is 1. The lowest BCUT2D eigenvalue weighted by molar-refractivity contribution is -0.146. The molecule has 6 heteroatoms. The maximum absolute atomic E-state index is 11.7. The van der Waals surface area contributed by atoms with E-state index in [2.05, 4.69) is 5.10 Å². The van der Waals surface area contributed by atoms with Crippen molar-refractivity contribution in [1.29, 1.82) is 0 Å². The summed E-state index contributed by atoms with van der Waals surface area (Å²) in [5, 5.41) is 13.2. The monoisotopic (exact) mass is 251 g/mol. The zero-order valence-corrected chi connectivity index (χ0v) is 10.5. The highest BCUT2D eigenvalue weighted by Gasteiger charge is 2.35. The second-order valence-corrected chi connectivity index (χ2v) is 4.84. The summed E-state index contributed by atoms with van der Waals surface area (Å²) in [4.78, 5) is 24.1. The Balaban J connectivity index is 2.11. The van der Waals surface area contributed by atoms with E-state index >= 15 is 0 Å². The van der Waals surface area contributed by atoms with Crippen molar-refractivity contribution in [2.24, 2.45) is 0 Å². The molecule has 6 nitrogen and oxygen atoms in total. The van der Waals surface area contributed by atoms with Crippen molar-refractivity contribution in [2.75, 3.05) is 0 Å². The van der Waals surface area contributed by atoms with E-state index in [-0.39, 0.29) is 11.9 Å². The predicted molar refractivity (Wildman–Crippen MR) is 63.8 cm³/mol. The average molecular weight is 251 g/mol. The van der Waals surface area contributed by atoms with Crippen LogP contribution in [-0.4, -0.2) is 37.7 Å². The molecule has 1 fully saturated rings. The topological polar surface area (TPSA) is 75.4 Å². The van der Waals surface area contributed by atoms with Crippen LogP contribution in [0.4, 0.5) is 0 Å². The Labute approximate surface area is 105 Å². The highest BCUT2D eigenvalue weighted by atomic mass is 16.4. The lowest BCUT2D eigenvalue weighted by Crippen LogP contribution is -2.37. The summed E-state index contributed by atoms with van der Waals surface area (Å²) in [7, 11) is 0. The zero-order valence-electron chi connectivity index (χ0n) is 10.5. The Kier molecular flexibility index (Phi) is 3.36. The van der Waals surface area contributed by atoms with E-state index in [0.29, 0.717) is 19.4 Å². The van der Waals surface area contributed by atoms with Crippen LogP contribution in [-0.2, 0) is 16.1 Å². The highest BCUT2D eigenvalue weighted by molar-refractivity contribution is 5.87. The summed E-state index contributed by atoms with van der Waals surface area (Å²) in [6, 6.07) is -0.441. The van der Waals surface area contributed by atoms with Crippen LogP contribution < -0.4 is 0 Å². The third kappa shape index (κ3) is 2.37. The number of aliphatic carboxylic acids is 1. The van der Waals surface area contributed by atoms with Gasteiger partial charge in [-0.05, 0) is 20.3 Å². The molecule has 1 aliphatic rings. The average Bonchev–Trinajstić information content (AvgIpc) is 2.88. The second-order valence-electron chi connectivity index (χ2n) is 4.84. The maximum atomic E-state index is 11.7. The van der Waals surface area contributed by atoms with Gasteiger partial charge in [0.25, 0.3) is 0 Å². The quantitative estimate of drug-likeness (QED) is 0.867. The molecule has 18 heavy (non-hydrogen) atoms. The van der Waals surface area contributed by atoms with E-state index in [1.807, 2.05) is 20.0 Å². The molecular formula is C12H17N3O3. The molecule has 1 aromatic heterocycles. The van der Waals surface area contributed by atoms with Gasteiger partial charge in [0.15, 0.2) is 0 Å². The molecule has 1 aliphatic heterocycles. The maximum Gasteiger partial charge on any atom is 0.326 e. The Morgan fingerprint density at radius 1 is 1.61 bits per heavy atom. The number of carbonyl (C=O) groups excluding carboxylic acids is 1. The third-order valence-electron chi connectivity index (χ3n) is 3.15. The van der Waals surface area contributed by atoms with Crippen LogP contribution in [0.5, 0.6) is 0 Å². The highest BCUT2D eigenvalue weighted by Crippen LogP contribution is 2.21. The van der Waals surface area contributed by atoms with Gasteiger partial charge in [0.2, 0.25) is 5.91 Å². The van der Waals surface area contributed by atoms with Gasteiger partial charge in [-0.2, -0.15) is 5.10 Å². The van der Waals surface area contributed by atoms with Crippen molar-refractivity contribution < 1.29 is 14.7 Å². The second kappa shape index (κ2) is 4.80. The van der Waals surface area contributed by atoms with Crippen molar-refractivity contribution in [3.63, 3.8) is 0 Å².